The number of furan rings is 1. The second-order valence-corrected chi connectivity index (χ2v) is 5.37. The molecule has 1 aliphatic rings. The van der Waals surface area contributed by atoms with E-state index in [4.69, 9.17) is 4.42 Å². The normalized spacial score (nSPS) is 19.0. The van der Waals surface area contributed by atoms with Crippen molar-refractivity contribution in [2.24, 2.45) is 0 Å². The van der Waals surface area contributed by atoms with E-state index in [1.54, 1.807) is 6.26 Å². The van der Waals surface area contributed by atoms with Crippen LogP contribution in [0, 0.1) is 0 Å². The van der Waals surface area contributed by atoms with Gasteiger partial charge >= 0.3 is 0 Å². The van der Waals surface area contributed by atoms with Crippen LogP contribution in [0.1, 0.15) is 44.4 Å². The Morgan fingerprint density at radius 2 is 2.11 bits per heavy atom. The molecule has 1 saturated heterocycles. The van der Waals surface area contributed by atoms with E-state index in [1.165, 1.54) is 44.5 Å². The van der Waals surface area contributed by atoms with Gasteiger partial charge in [-0.15, -0.1) is 0 Å². The average Bonchev–Trinajstić information content (AvgIpc) is 2.85. The van der Waals surface area contributed by atoms with Crippen LogP contribution in [0.4, 0.5) is 0 Å². The lowest BCUT2D eigenvalue weighted by Crippen LogP contribution is -2.41. The summed E-state index contributed by atoms with van der Waals surface area (Å²) in [6, 6.07) is 2.63. The summed E-state index contributed by atoms with van der Waals surface area (Å²) in [5.74, 6) is 1.12. The first-order valence-corrected chi connectivity index (χ1v) is 7.30. The van der Waals surface area contributed by atoms with E-state index >= 15 is 0 Å². The molecule has 1 unspecified atom stereocenters. The van der Waals surface area contributed by atoms with Gasteiger partial charge in [0.25, 0.3) is 0 Å². The Hall–Kier alpha value is -0.800. The van der Waals surface area contributed by atoms with Gasteiger partial charge in [0.1, 0.15) is 5.76 Å². The fraction of sp³-hybridized carbons (Fsp3) is 0.733. The lowest BCUT2D eigenvalue weighted by Gasteiger charge is -2.29. The van der Waals surface area contributed by atoms with Crippen LogP contribution in [0.2, 0.25) is 0 Å². The molecule has 1 aliphatic heterocycles. The van der Waals surface area contributed by atoms with Gasteiger partial charge in [-0.25, -0.2) is 0 Å². The van der Waals surface area contributed by atoms with Crippen LogP contribution < -0.4 is 5.32 Å². The Morgan fingerprint density at radius 1 is 1.33 bits per heavy atom. The van der Waals surface area contributed by atoms with Crippen LogP contribution in [-0.4, -0.2) is 30.6 Å². The fourth-order valence-corrected chi connectivity index (χ4v) is 2.71. The molecule has 3 heteroatoms. The maximum atomic E-state index is 5.45. The molecule has 1 atom stereocenters. The highest BCUT2D eigenvalue weighted by Gasteiger charge is 2.13. The highest BCUT2D eigenvalue weighted by atomic mass is 16.3. The number of aryl methyl sites for hydroxylation is 1. The first-order valence-electron chi connectivity index (χ1n) is 7.30. The van der Waals surface area contributed by atoms with Crippen molar-refractivity contribution in [2.45, 2.75) is 52.1 Å². The molecule has 0 aromatic carbocycles. The summed E-state index contributed by atoms with van der Waals surface area (Å²) in [5, 5.41) is 3.61. The number of hydrogen-bond donors (Lipinski definition) is 1. The molecule has 0 radical (unpaired) electrons. The van der Waals surface area contributed by atoms with Gasteiger partial charge in [0.15, 0.2) is 0 Å². The third-order valence-electron chi connectivity index (χ3n) is 3.78. The first-order chi connectivity index (χ1) is 8.79. The van der Waals surface area contributed by atoms with Crippen LogP contribution in [-0.2, 0) is 13.0 Å². The minimum absolute atomic E-state index is 0.544. The largest absolute Gasteiger partial charge is 0.469 e. The molecule has 18 heavy (non-hydrogen) atoms. The standard InChI is InChI=1S/C15H26N2O/c1-3-15-14(7-10-18-15)11-16-13(2)12-17-8-5-4-6-9-17/h7,10,13,16H,3-6,8-9,11-12H2,1-2H3. The van der Waals surface area contributed by atoms with Crippen LogP contribution >= 0.6 is 0 Å². The summed E-state index contributed by atoms with van der Waals surface area (Å²) in [4.78, 5) is 2.58. The van der Waals surface area contributed by atoms with E-state index in [1.807, 2.05) is 0 Å². The van der Waals surface area contributed by atoms with Crippen molar-refractivity contribution in [1.82, 2.24) is 10.2 Å². The van der Waals surface area contributed by atoms with E-state index in [0.29, 0.717) is 6.04 Å². The number of likely N-dealkylation sites (tertiary alicyclic amines) is 1. The van der Waals surface area contributed by atoms with E-state index in [9.17, 15) is 0 Å². The third kappa shape index (κ3) is 3.85. The summed E-state index contributed by atoms with van der Waals surface area (Å²) in [7, 11) is 0. The van der Waals surface area contributed by atoms with Gasteiger partial charge in [0.2, 0.25) is 0 Å². The molecule has 0 amide bonds. The number of piperidine rings is 1. The molecular weight excluding hydrogens is 224 g/mol. The minimum Gasteiger partial charge on any atom is -0.469 e. The van der Waals surface area contributed by atoms with Crippen molar-refractivity contribution in [3.63, 3.8) is 0 Å². The number of rotatable bonds is 6. The molecule has 0 aliphatic carbocycles. The highest BCUT2D eigenvalue weighted by molar-refractivity contribution is 5.16. The molecule has 1 aromatic rings. The van der Waals surface area contributed by atoms with Crippen molar-refractivity contribution in [1.29, 1.82) is 0 Å². The van der Waals surface area contributed by atoms with Crippen LogP contribution in [0.3, 0.4) is 0 Å². The lowest BCUT2D eigenvalue weighted by molar-refractivity contribution is 0.209. The van der Waals surface area contributed by atoms with Crippen LogP contribution in [0.15, 0.2) is 16.7 Å². The zero-order chi connectivity index (χ0) is 12.8. The number of hydrogen-bond acceptors (Lipinski definition) is 3. The van der Waals surface area contributed by atoms with Crippen molar-refractivity contribution in [3.05, 3.63) is 23.7 Å². The molecule has 0 spiro atoms. The van der Waals surface area contributed by atoms with Crippen molar-refractivity contribution in [2.75, 3.05) is 19.6 Å². The first kappa shape index (κ1) is 13.6. The highest BCUT2D eigenvalue weighted by Crippen LogP contribution is 2.12. The molecule has 2 heterocycles. The van der Waals surface area contributed by atoms with Gasteiger partial charge in [-0.05, 0) is 38.9 Å². The summed E-state index contributed by atoms with van der Waals surface area (Å²) in [6.07, 6.45) is 6.92. The Kier molecular flexibility index (Phi) is 5.26. The summed E-state index contributed by atoms with van der Waals surface area (Å²) >= 11 is 0. The molecule has 102 valence electrons. The average molecular weight is 250 g/mol. The quantitative estimate of drug-likeness (QED) is 0.841. The monoisotopic (exact) mass is 250 g/mol. The van der Waals surface area contributed by atoms with Gasteiger partial charge in [-0.1, -0.05) is 13.3 Å². The zero-order valence-corrected chi connectivity index (χ0v) is 11.7. The number of nitrogens with one attached hydrogen (secondary N) is 1. The van der Waals surface area contributed by atoms with Crippen molar-refractivity contribution < 1.29 is 4.42 Å². The smallest absolute Gasteiger partial charge is 0.107 e. The second kappa shape index (κ2) is 6.95. The van der Waals surface area contributed by atoms with Gasteiger partial charge < -0.3 is 14.6 Å². The van der Waals surface area contributed by atoms with Crippen LogP contribution in [0.5, 0.6) is 0 Å². The van der Waals surface area contributed by atoms with E-state index in [0.717, 1.165) is 18.7 Å². The molecule has 1 N–H and O–H groups in total. The van der Waals surface area contributed by atoms with Gasteiger partial charge in [0, 0.05) is 31.1 Å². The summed E-state index contributed by atoms with van der Waals surface area (Å²) in [5.41, 5.74) is 1.31. The minimum atomic E-state index is 0.544. The topological polar surface area (TPSA) is 28.4 Å². The molecule has 1 aromatic heterocycles. The van der Waals surface area contributed by atoms with Crippen molar-refractivity contribution >= 4 is 0 Å². The van der Waals surface area contributed by atoms with E-state index < -0.39 is 0 Å². The molecular formula is C15H26N2O. The summed E-state index contributed by atoms with van der Waals surface area (Å²) in [6.45, 7) is 9.06. The second-order valence-electron chi connectivity index (χ2n) is 5.37. The number of nitrogens with zero attached hydrogens (tertiary/aromatic N) is 1. The maximum absolute atomic E-state index is 5.45. The van der Waals surface area contributed by atoms with Crippen LogP contribution in [0.25, 0.3) is 0 Å². The Labute approximate surface area is 111 Å². The molecule has 0 bridgehead atoms. The summed E-state index contributed by atoms with van der Waals surface area (Å²) < 4.78 is 5.45. The predicted molar refractivity (Wildman–Crippen MR) is 74.7 cm³/mol. The Bertz CT molecular complexity index is 342. The van der Waals surface area contributed by atoms with Gasteiger partial charge in [-0.3, -0.25) is 0 Å². The molecule has 1 fully saturated rings. The van der Waals surface area contributed by atoms with E-state index in [-0.39, 0.29) is 0 Å². The lowest BCUT2D eigenvalue weighted by atomic mass is 10.1. The Balaban J connectivity index is 1.72. The SMILES string of the molecule is CCc1occc1CNC(C)CN1CCCCC1. The molecule has 0 saturated carbocycles. The fourth-order valence-electron chi connectivity index (χ4n) is 2.71. The zero-order valence-electron chi connectivity index (χ0n) is 11.7. The third-order valence-corrected chi connectivity index (χ3v) is 3.78. The molecule has 2 rings (SSSR count). The Morgan fingerprint density at radius 3 is 2.83 bits per heavy atom. The van der Waals surface area contributed by atoms with Crippen molar-refractivity contribution in [3.8, 4) is 0 Å². The van der Waals surface area contributed by atoms with Gasteiger partial charge in [-0.2, -0.15) is 0 Å². The maximum Gasteiger partial charge on any atom is 0.107 e. The molecule has 3 nitrogen and oxygen atoms in total. The van der Waals surface area contributed by atoms with E-state index in [2.05, 4.69) is 30.1 Å². The predicted octanol–water partition coefficient (Wildman–Crippen LogP) is 2.81. The van der Waals surface area contributed by atoms with Gasteiger partial charge in [0.05, 0.1) is 6.26 Å².